The van der Waals surface area contributed by atoms with E-state index in [1.807, 2.05) is 27.7 Å². The van der Waals surface area contributed by atoms with Crippen LogP contribution in [-0.4, -0.2) is 31.8 Å². The van der Waals surface area contributed by atoms with Crippen molar-refractivity contribution in [3.63, 3.8) is 0 Å². The van der Waals surface area contributed by atoms with Crippen LogP contribution < -0.4 is 15.6 Å². The number of aryl methyl sites for hydroxylation is 1. The van der Waals surface area contributed by atoms with Gasteiger partial charge in [-0.25, -0.2) is 14.1 Å². The highest BCUT2D eigenvalue weighted by atomic mass is 19.1. The Morgan fingerprint density at radius 1 is 1.23 bits per heavy atom. The van der Waals surface area contributed by atoms with E-state index >= 15 is 0 Å². The number of nitrogens with one attached hydrogen (secondary N) is 1. The van der Waals surface area contributed by atoms with Gasteiger partial charge in [-0.05, 0) is 18.1 Å². The van der Waals surface area contributed by atoms with Crippen molar-refractivity contribution in [2.75, 3.05) is 11.9 Å². The van der Waals surface area contributed by atoms with Crippen LogP contribution in [0.15, 0.2) is 29.1 Å². The number of hydrogen-bond donors (Lipinski definition) is 1. The zero-order valence-electron chi connectivity index (χ0n) is 17.8. The maximum Gasteiger partial charge on any atom is 0.270 e. The summed E-state index contributed by atoms with van der Waals surface area (Å²) in [7, 11) is 1.71. The highest BCUT2D eigenvalue weighted by molar-refractivity contribution is 5.91. The van der Waals surface area contributed by atoms with Gasteiger partial charge in [-0.1, -0.05) is 27.7 Å². The molecule has 30 heavy (non-hydrogen) atoms. The smallest absolute Gasteiger partial charge is 0.270 e. The second kappa shape index (κ2) is 8.64. The van der Waals surface area contributed by atoms with Crippen LogP contribution in [0, 0.1) is 11.7 Å². The minimum absolute atomic E-state index is 0.0109. The van der Waals surface area contributed by atoms with E-state index in [4.69, 9.17) is 4.74 Å². The lowest BCUT2D eigenvalue weighted by Gasteiger charge is -2.16. The summed E-state index contributed by atoms with van der Waals surface area (Å²) in [5, 5.41) is 7.01. The Morgan fingerprint density at radius 3 is 2.63 bits per heavy atom. The molecule has 0 aliphatic carbocycles. The number of fused-ring (bicyclic) bond motifs is 1. The van der Waals surface area contributed by atoms with Crippen molar-refractivity contribution in [2.45, 2.75) is 40.2 Å². The maximum atomic E-state index is 13.4. The molecule has 0 bridgehead atoms. The van der Waals surface area contributed by atoms with E-state index in [2.05, 4.69) is 15.4 Å². The number of ether oxygens (including phenoxy) is 1. The molecular weight excluding hydrogens is 389 g/mol. The Balaban J connectivity index is 1.82. The van der Waals surface area contributed by atoms with Gasteiger partial charge in [0.1, 0.15) is 23.8 Å². The second-order valence-electron chi connectivity index (χ2n) is 7.92. The molecule has 0 radical (unpaired) electrons. The van der Waals surface area contributed by atoms with Crippen molar-refractivity contribution >= 4 is 22.9 Å². The fraction of sp³-hybridized carbons (Fsp3) is 0.429. The molecule has 1 amide bonds. The van der Waals surface area contributed by atoms with Gasteiger partial charge in [0.15, 0.2) is 0 Å². The number of carbonyl (C=O) groups is 1. The van der Waals surface area contributed by atoms with E-state index in [1.165, 1.54) is 18.2 Å². The fourth-order valence-electron chi connectivity index (χ4n) is 2.96. The van der Waals surface area contributed by atoms with Gasteiger partial charge in [0.05, 0.1) is 17.6 Å². The Hall–Kier alpha value is -3.23. The van der Waals surface area contributed by atoms with Crippen LogP contribution in [0.1, 0.15) is 39.3 Å². The number of anilines is 1. The summed E-state index contributed by atoms with van der Waals surface area (Å²) in [5.41, 5.74) is 1.29. The van der Waals surface area contributed by atoms with E-state index < -0.39 is 17.3 Å². The van der Waals surface area contributed by atoms with Crippen molar-refractivity contribution in [1.29, 1.82) is 0 Å². The van der Waals surface area contributed by atoms with E-state index in [1.54, 1.807) is 17.7 Å². The number of carbonyl (C=O) groups excluding carboxylic acids is 1. The highest BCUT2D eigenvalue weighted by Crippen LogP contribution is 2.23. The summed E-state index contributed by atoms with van der Waals surface area (Å²) in [4.78, 5) is 29.3. The van der Waals surface area contributed by atoms with Gasteiger partial charge in [-0.3, -0.25) is 14.9 Å². The largest absolute Gasteiger partial charge is 0.491 e. The number of halogens is 1. The van der Waals surface area contributed by atoms with Gasteiger partial charge >= 0.3 is 0 Å². The lowest BCUT2D eigenvalue weighted by atomic mass is 10.1. The molecule has 0 saturated heterocycles. The molecule has 0 atom stereocenters. The average molecular weight is 415 g/mol. The summed E-state index contributed by atoms with van der Waals surface area (Å²) >= 11 is 0. The predicted octanol–water partition coefficient (Wildman–Crippen LogP) is 3.07. The maximum absolute atomic E-state index is 13.4. The highest BCUT2D eigenvalue weighted by Gasteiger charge is 2.17. The zero-order chi connectivity index (χ0) is 22.0. The molecule has 0 spiro atoms. The third-order valence-electron chi connectivity index (χ3n) is 4.50. The first-order valence-corrected chi connectivity index (χ1v) is 9.82. The van der Waals surface area contributed by atoms with Gasteiger partial charge in [0.25, 0.3) is 5.56 Å². The molecule has 2 aromatic heterocycles. The van der Waals surface area contributed by atoms with Crippen LogP contribution in [0.3, 0.4) is 0 Å². The van der Waals surface area contributed by atoms with Crippen LogP contribution in [0.25, 0.3) is 11.0 Å². The average Bonchev–Trinajstić information content (AvgIpc) is 2.96. The fourth-order valence-corrected chi connectivity index (χ4v) is 2.96. The SMILES string of the molecule is CC(C)COc1cc(=O)n(CC(=O)Nc2nc3cc(F)ccc3n2C)nc1C(C)C. The van der Waals surface area contributed by atoms with E-state index in [0.29, 0.717) is 35.0 Å². The molecule has 8 nitrogen and oxygen atoms in total. The van der Waals surface area contributed by atoms with Gasteiger partial charge < -0.3 is 9.30 Å². The molecule has 1 aromatic carbocycles. The molecule has 9 heteroatoms. The summed E-state index contributed by atoms with van der Waals surface area (Å²) in [6.07, 6.45) is 0. The number of benzene rings is 1. The molecule has 0 saturated carbocycles. The number of amides is 1. The first kappa shape index (κ1) is 21.5. The van der Waals surface area contributed by atoms with E-state index in [-0.39, 0.29) is 18.4 Å². The van der Waals surface area contributed by atoms with Gasteiger partial charge in [-0.2, -0.15) is 5.10 Å². The Labute approximate surface area is 173 Å². The molecule has 0 fully saturated rings. The van der Waals surface area contributed by atoms with Crippen molar-refractivity contribution < 1.29 is 13.9 Å². The monoisotopic (exact) mass is 415 g/mol. The van der Waals surface area contributed by atoms with E-state index in [0.717, 1.165) is 4.68 Å². The van der Waals surface area contributed by atoms with E-state index in [9.17, 15) is 14.0 Å². The quantitative estimate of drug-likeness (QED) is 0.640. The van der Waals surface area contributed by atoms with Crippen molar-refractivity contribution in [3.8, 4) is 5.75 Å². The zero-order valence-corrected chi connectivity index (χ0v) is 17.8. The molecule has 3 rings (SSSR count). The first-order valence-electron chi connectivity index (χ1n) is 9.82. The van der Waals surface area contributed by atoms with Crippen molar-refractivity contribution in [3.05, 3.63) is 46.1 Å². The normalized spacial score (nSPS) is 11.5. The van der Waals surface area contributed by atoms with Gasteiger partial charge in [0, 0.05) is 25.1 Å². The van der Waals surface area contributed by atoms with Gasteiger partial charge in [-0.15, -0.1) is 0 Å². The second-order valence-corrected chi connectivity index (χ2v) is 7.92. The summed E-state index contributed by atoms with van der Waals surface area (Å²) in [6.45, 7) is 8.11. The van der Waals surface area contributed by atoms with Crippen molar-refractivity contribution in [2.24, 2.45) is 13.0 Å². The third kappa shape index (κ3) is 4.67. The third-order valence-corrected chi connectivity index (χ3v) is 4.50. The molecule has 160 valence electrons. The predicted molar refractivity (Wildman–Crippen MR) is 112 cm³/mol. The topological polar surface area (TPSA) is 91.0 Å². The molecule has 0 aliphatic heterocycles. The lowest BCUT2D eigenvalue weighted by molar-refractivity contribution is -0.117. The van der Waals surface area contributed by atoms with Crippen LogP contribution in [-0.2, 0) is 18.4 Å². The van der Waals surface area contributed by atoms with Crippen LogP contribution >= 0.6 is 0 Å². The first-order chi connectivity index (χ1) is 14.2. The van der Waals surface area contributed by atoms with Crippen LogP contribution in [0.5, 0.6) is 5.75 Å². The molecule has 0 aliphatic rings. The number of imidazole rings is 1. The summed E-state index contributed by atoms with van der Waals surface area (Å²) < 4.78 is 21.9. The standard InChI is InChI=1S/C21H26FN5O3/c1-12(2)11-30-17-9-19(29)27(25-20(17)13(3)4)10-18(28)24-21-23-15-8-14(22)6-7-16(15)26(21)5/h6-9,12-13H,10-11H2,1-5H3,(H,23,24,28). The number of hydrogen-bond acceptors (Lipinski definition) is 5. The Morgan fingerprint density at radius 2 is 1.97 bits per heavy atom. The molecule has 3 aromatic rings. The molecule has 1 N–H and O–H groups in total. The van der Waals surface area contributed by atoms with Gasteiger partial charge in [0.2, 0.25) is 11.9 Å². The minimum atomic E-state index is -0.464. The number of rotatable bonds is 7. The minimum Gasteiger partial charge on any atom is -0.491 e. The Kier molecular flexibility index (Phi) is 6.19. The van der Waals surface area contributed by atoms with Crippen LogP contribution in [0.2, 0.25) is 0 Å². The van der Waals surface area contributed by atoms with Crippen LogP contribution in [0.4, 0.5) is 10.3 Å². The molecule has 2 heterocycles. The number of aromatic nitrogens is 4. The summed E-state index contributed by atoms with van der Waals surface area (Å²) in [6, 6.07) is 5.58. The Bertz CT molecular complexity index is 1130. The molecular formula is C21H26FN5O3. The summed E-state index contributed by atoms with van der Waals surface area (Å²) in [5.74, 6) is 0.147. The van der Waals surface area contributed by atoms with Crippen molar-refractivity contribution in [1.82, 2.24) is 19.3 Å². The molecule has 0 unspecified atom stereocenters. The number of nitrogens with zero attached hydrogens (tertiary/aromatic N) is 4. The lowest BCUT2D eigenvalue weighted by Crippen LogP contribution is -2.31.